The van der Waals surface area contributed by atoms with Crippen LogP contribution in [-0.2, 0) is 22.4 Å². The van der Waals surface area contributed by atoms with E-state index >= 15 is 0 Å². The first kappa shape index (κ1) is 12.4. The number of carbonyl (C=O) groups is 2. The summed E-state index contributed by atoms with van der Waals surface area (Å²) in [4.78, 5) is 24.0. The lowest BCUT2D eigenvalue weighted by Gasteiger charge is -2.15. The third kappa shape index (κ3) is 2.61. The number of anilines is 1. The van der Waals surface area contributed by atoms with Crippen LogP contribution in [0, 0.1) is 0 Å². The van der Waals surface area contributed by atoms with Crippen LogP contribution in [0.1, 0.15) is 11.1 Å². The second-order valence-electron chi connectivity index (χ2n) is 3.92. The summed E-state index contributed by atoms with van der Waals surface area (Å²) in [7, 11) is 0. The molecule has 0 atom stereocenters. The number of alkyl halides is 1. The molecule has 0 fully saturated rings. The third-order valence-corrected chi connectivity index (χ3v) is 3.16. The summed E-state index contributed by atoms with van der Waals surface area (Å²) in [6.45, 7) is 0.652. The third-order valence-electron chi connectivity index (χ3n) is 2.80. The van der Waals surface area contributed by atoms with Crippen molar-refractivity contribution in [3.05, 3.63) is 29.3 Å². The topological polar surface area (TPSA) is 37.4 Å². The van der Waals surface area contributed by atoms with E-state index in [9.17, 15) is 9.59 Å². The number of benzene rings is 1. The highest BCUT2D eigenvalue weighted by atomic mass is 35.5. The lowest BCUT2D eigenvalue weighted by atomic mass is 10.1. The molecule has 0 bridgehead atoms. The Kier molecular flexibility index (Phi) is 3.69. The van der Waals surface area contributed by atoms with Gasteiger partial charge in [0.05, 0.1) is 0 Å². The average molecular weight is 272 g/mol. The number of hydrogen-bond acceptors (Lipinski definition) is 2. The maximum absolute atomic E-state index is 11.6. The normalized spacial score (nSPS) is 13.6. The first-order valence-electron chi connectivity index (χ1n) is 5.28. The van der Waals surface area contributed by atoms with E-state index in [0.29, 0.717) is 6.54 Å². The van der Waals surface area contributed by atoms with Gasteiger partial charge in [0.1, 0.15) is 5.88 Å². The Morgan fingerprint density at radius 1 is 1.35 bits per heavy atom. The highest BCUT2D eigenvalue weighted by Crippen LogP contribution is 2.29. The van der Waals surface area contributed by atoms with Gasteiger partial charge in [-0.2, -0.15) is 0 Å². The van der Waals surface area contributed by atoms with E-state index in [1.807, 2.05) is 18.2 Å². The minimum absolute atomic E-state index is 0.0125. The molecule has 1 aromatic rings. The van der Waals surface area contributed by atoms with Crippen molar-refractivity contribution in [1.29, 1.82) is 0 Å². The zero-order valence-electron chi connectivity index (χ0n) is 9.08. The predicted molar refractivity (Wildman–Crippen MR) is 67.8 cm³/mol. The van der Waals surface area contributed by atoms with Crippen LogP contribution in [0.3, 0.4) is 0 Å². The number of halogens is 2. The second kappa shape index (κ2) is 5.07. The summed E-state index contributed by atoms with van der Waals surface area (Å²) in [5.74, 6) is -0.104. The van der Waals surface area contributed by atoms with E-state index < -0.39 is 0 Å². The fourth-order valence-corrected chi connectivity index (χ4v) is 2.36. The second-order valence-corrected chi connectivity index (χ2v) is 4.61. The molecule has 0 spiro atoms. The molecule has 3 nitrogen and oxygen atoms in total. The molecule has 90 valence electrons. The lowest BCUT2D eigenvalue weighted by Crippen LogP contribution is -2.29. The van der Waals surface area contributed by atoms with Crippen molar-refractivity contribution in [2.45, 2.75) is 12.8 Å². The minimum Gasteiger partial charge on any atom is -0.311 e. The molecule has 0 saturated carbocycles. The first-order valence-corrected chi connectivity index (χ1v) is 6.19. The number of nitrogens with zero attached hydrogens (tertiary/aromatic N) is 1. The maximum Gasteiger partial charge on any atom is 0.241 e. The molecule has 0 saturated heterocycles. The minimum atomic E-state index is -0.378. The number of carbonyl (C=O) groups excluding carboxylic acids is 2. The highest BCUT2D eigenvalue weighted by Gasteiger charge is 2.23. The van der Waals surface area contributed by atoms with Gasteiger partial charge in [0.15, 0.2) is 0 Å². The van der Waals surface area contributed by atoms with Crippen LogP contribution in [-0.4, -0.2) is 23.6 Å². The van der Waals surface area contributed by atoms with E-state index in [2.05, 4.69) is 0 Å². The summed E-state index contributed by atoms with van der Waals surface area (Å²) >= 11 is 10.9. The van der Waals surface area contributed by atoms with Gasteiger partial charge in [-0.25, -0.2) is 0 Å². The molecule has 0 N–H and O–H groups in total. The molecule has 0 radical (unpaired) electrons. The number of fused-ring (bicyclic) bond motifs is 1. The summed E-state index contributed by atoms with van der Waals surface area (Å²) < 4.78 is 0. The van der Waals surface area contributed by atoms with Gasteiger partial charge in [0.2, 0.25) is 11.1 Å². The van der Waals surface area contributed by atoms with Gasteiger partial charge in [0, 0.05) is 18.7 Å². The van der Waals surface area contributed by atoms with Gasteiger partial charge in [-0.15, -0.1) is 11.6 Å². The first-order chi connectivity index (χ1) is 8.11. The molecule has 1 aromatic carbocycles. The summed E-state index contributed by atoms with van der Waals surface area (Å²) in [5.41, 5.74) is 2.84. The fraction of sp³-hybridized carbons (Fsp3) is 0.333. The molecular weight excluding hydrogens is 261 g/mol. The van der Waals surface area contributed by atoms with Crippen molar-refractivity contribution in [3.63, 3.8) is 0 Å². The summed E-state index contributed by atoms with van der Waals surface area (Å²) in [6, 6.07) is 5.60. The van der Waals surface area contributed by atoms with Gasteiger partial charge in [-0.05, 0) is 35.2 Å². The van der Waals surface area contributed by atoms with Crippen LogP contribution in [0.2, 0.25) is 0 Å². The number of amides is 1. The average Bonchev–Trinajstić information content (AvgIpc) is 2.70. The number of rotatable bonds is 3. The molecule has 1 aliphatic rings. The molecule has 1 amide bonds. The lowest BCUT2D eigenvalue weighted by molar-refractivity contribution is -0.116. The molecule has 2 rings (SSSR count). The van der Waals surface area contributed by atoms with Gasteiger partial charge in [-0.3, -0.25) is 9.59 Å². The van der Waals surface area contributed by atoms with Gasteiger partial charge in [0.25, 0.3) is 0 Å². The molecule has 0 unspecified atom stereocenters. The SMILES string of the molecule is O=C(Cl)Cc1ccc2c(c1)CCN2C(=O)CCl. The van der Waals surface area contributed by atoms with Crippen molar-refractivity contribution < 1.29 is 9.59 Å². The smallest absolute Gasteiger partial charge is 0.241 e. The largest absolute Gasteiger partial charge is 0.311 e. The van der Waals surface area contributed by atoms with E-state index in [0.717, 1.165) is 23.2 Å². The van der Waals surface area contributed by atoms with Crippen molar-refractivity contribution >= 4 is 40.0 Å². The Morgan fingerprint density at radius 3 is 2.76 bits per heavy atom. The summed E-state index contributed by atoms with van der Waals surface area (Å²) in [6.07, 6.45) is 1.01. The van der Waals surface area contributed by atoms with E-state index in [-0.39, 0.29) is 23.5 Å². The molecule has 17 heavy (non-hydrogen) atoms. The standard InChI is InChI=1S/C12H11Cl2NO2/c13-7-12(17)15-4-3-9-5-8(6-11(14)16)1-2-10(9)15/h1-2,5H,3-4,6-7H2. The Balaban J connectivity index is 2.25. The van der Waals surface area contributed by atoms with Crippen LogP contribution in [0.15, 0.2) is 18.2 Å². The van der Waals surface area contributed by atoms with E-state index in [1.54, 1.807) is 4.90 Å². The van der Waals surface area contributed by atoms with Crippen LogP contribution >= 0.6 is 23.2 Å². The van der Waals surface area contributed by atoms with Crippen LogP contribution < -0.4 is 4.90 Å². The van der Waals surface area contributed by atoms with Crippen molar-refractivity contribution in [3.8, 4) is 0 Å². The van der Waals surface area contributed by atoms with Crippen molar-refractivity contribution in [2.24, 2.45) is 0 Å². The highest BCUT2D eigenvalue weighted by molar-refractivity contribution is 6.63. The van der Waals surface area contributed by atoms with E-state index in [4.69, 9.17) is 23.2 Å². The molecule has 5 heteroatoms. The van der Waals surface area contributed by atoms with Gasteiger partial charge in [-0.1, -0.05) is 12.1 Å². The number of hydrogen-bond donors (Lipinski definition) is 0. The van der Waals surface area contributed by atoms with Crippen LogP contribution in [0.5, 0.6) is 0 Å². The fourth-order valence-electron chi connectivity index (χ4n) is 2.06. The summed E-state index contributed by atoms with van der Waals surface area (Å²) in [5, 5.41) is -0.378. The maximum atomic E-state index is 11.6. The van der Waals surface area contributed by atoms with Gasteiger partial charge < -0.3 is 4.90 Å². The quantitative estimate of drug-likeness (QED) is 0.624. The van der Waals surface area contributed by atoms with Crippen molar-refractivity contribution in [1.82, 2.24) is 0 Å². The molecule has 1 heterocycles. The Labute approximate surface area is 109 Å². The zero-order valence-corrected chi connectivity index (χ0v) is 10.6. The van der Waals surface area contributed by atoms with E-state index in [1.165, 1.54) is 0 Å². The monoisotopic (exact) mass is 271 g/mol. The predicted octanol–water partition coefficient (Wildman–Crippen LogP) is 2.12. The zero-order chi connectivity index (χ0) is 12.4. The molecule has 0 aromatic heterocycles. The van der Waals surface area contributed by atoms with Crippen LogP contribution in [0.25, 0.3) is 0 Å². The Hall–Kier alpha value is -1.06. The molecule has 1 aliphatic heterocycles. The van der Waals surface area contributed by atoms with Crippen LogP contribution in [0.4, 0.5) is 5.69 Å². The Morgan fingerprint density at radius 2 is 2.12 bits per heavy atom. The Bertz CT molecular complexity index is 474. The van der Waals surface area contributed by atoms with Crippen molar-refractivity contribution in [2.75, 3.05) is 17.3 Å². The molecular formula is C12H11Cl2NO2. The molecule has 0 aliphatic carbocycles. The van der Waals surface area contributed by atoms with Gasteiger partial charge >= 0.3 is 0 Å².